The summed E-state index contributed by atoms with van der Waals surface area (Å²) in [4.78, 5) is 6.50. The van der Waals surface area contributed by atoms with Gasteiger partial charge in [0.2, 0.25) is 5.89 Å². The van der Waals surface area contributed by atoms with E-state index in [1.807, 2.05) is 19.0 Å². The van der Waals surface area contributed by atoms with Crippen LogP contribution in [0, 0.1) is 5.41 Å². The van der Waals surface area contributed by atoms with Gasteiger partial charge in [-0.25, -0.2) is 0 Å². The van der Waals surface area contributed by atoms with E-state index >= 15 is 0 Å². The normalized spacial score (nSPS) is 19.3. The lowest BCUT2D eigenvalue weighted by atomic mass is 9.72. The average molecular weight is 252 g/mol. The van der Waals surface area contributed by atoms with Gasteiger partial charge in [0.1, 0.15) is 0 Å². The van der Waals surface area contributed by atoms with Gasteiger partial charge in [-0.1, -0.05) is 24.4 Å². The summed E-state index contributed by atoms with van der Waals surface area (Å²) in [7, 11) is 4.00. The average Bonchev–Trinajstić information content (AvgIpc) is 2.76. The molecule has 5 nitrogen and oxygen atoms in total. The fraction of sp³-hybridized carbons (Fsp3) is 0.846. The fourth-order valence-electron chi connectivity index (χ4n) is 2.78. The van der Waals surface area contributed by atoms with Crippen molar-refractivity contribution in [1.82, 2.24) is 15.0 Å². The summed E-state index contributed by atoms with van der Waals surface area (Å²) in [6.45, 7) is 1.44. The summed E-state index contributed by atoms with van der Waals surface area (Å²) >= 11 is 0. The summed E-state index contributed by atoms with van der Waals surface area (Å²) in [5, 5.41) is 4.02. The molecule has 2 N–H and O–H groups in total. The van der Waals surface area contributed by atoms with E-state index in [0.717, 1.165) is 31.2 Å². The molecular formula is C13H24N4O. The van der Waals surface area contributed by atoms with Crippen LogP contribution < -0.4 is 5.73 Å². The van der Waals surface area contributed by atoms with Crippen LogP contribution in [0.2, 0.25) is 0 Å². The van der Waals surface area contributed by atoms with Crippen LogP contribution in [0.5, 0.6) is 0 Å². The van der Waals surface area contributed by atoms with E-state index in [2.05, 4.69) is 10.1 Å². The second kappa shape index (κ2) is 5.80. The number of hydrogen-bond donors (Lipinski definition) is 1. The lowest BCUT2D eigenvalue weighted by molar-refractivity contribution is 0.177. The molecule has 102 valence electrons. The smallest absolute Gasteiger partial charge is 0.227 e. The first kappa shape index (κ1) is 13.5. The van der Waals surface area contributed by atoms with Gasteiger partial charge < -0.3 is 15.2 Å². The molecule has 1 aromatic rings. The van der Waals surface area contributed by atoms with Crippen LogP contribution >= 0.6 is 0 Å². The second-order valence-electron chi connectivity index (χ2n) is 5.78. The van der Waals surface area contributed by atoms with Gasteiger partial charge in [-0.3, -0.25) is 0 Å². The number of aromatic nitrogens is 2. The zero-order valence-electron chi connectivity index (χ0n) is 11.5. The van der Waals surface area contributed by atoms with Crippen LogP contribution in [0.3, 0.4) is 0 Å². The Morgan fingerprint density at radius 2 is 2.00 bits per heavy atom. The Kier molecular flexibility index (Phi) is 4.35. The van der Waals surface area contributed by atoms with Gasteiger partial charge in [0.05, 0.1) is 6.54 Å². The van der Waals surface area contributed by atoms with E-state index in [-0.39, 0.29) is 5.41 Å². The molecule has 0 bridgehead atoms. The van der Waals surface area contributed by atoms with Crippen LogP contribution in [0.25, 0.3) is 0 Å². The Labute approximate surface area is 109 Å². The van der Waals surface area contributed by atoms with Gasteiger partial charge in [0, 0.05) is 6.42 Å². The first-order valence-electron chi connectivity index (χ1n) is 6.80. The monoisotopic (exact) mass is 252 g/mol. The van der Waals surface area contributed by atoms with Crippen LogP contribution in [-0.4, -0.2) is 35.7 Å². The van der Waals surface area contributed by atoms with Crippen LogP contribution in [0.1, 0.15) is 43.8 Å². The summed E-state index contributed by atoms with van der Waals surface area (Å²) in [6.07, 6.45) is 7.09. The molecule has 2 rings (SSSR count). The van der Waals surface area contributed by atoms with Crippen molar-refractivity contribution >= 4 is 0 Å². The zero-order chi connectivity index (χ0) is 13.0. The topological polar surface area (TPSA) is 68.2 Å². The van der Waals surface area contributed by atoms with E-state index in [9.17, 15) is 0 Å². The maximum absolute atomic E-state index is 5.98. The molecule has 0 spiro atoms. The molecule has 1 fully saturated rings. The highest BCUT2D eigenvalue weighted by atomic mass is 16.5. The minimum absolute atomic E-state index is 0.195. The van der Waals surface area contributed by atoms with Gasteiger partial charge >= 0.3 is 0 Å². The molecule has 0 aromatic carbocycles. The Hall–Kier alpha value is -0.940. The van der Waals surface area contributed by atoms with E-state index in [4.69, 9.17) is 10.3 Å². The van der Waals surface area contributed by atoms with Crippen molar-refractivity contribution in [3.05, 3.63) is 11.7 Å². The zero-order valence-corrected chi connectivity index (χ0v) is 11.5. The SMILES string of the molecule is CN(C)Cc1noc(CC2(CN)CCCCC2)n1. The van der Waals surface area contributed by atoms with Gasteiger partial charge in [-0.05, 0) is 38.9 Å². The standard InChI is InChI=1S/C13H24N4O/c1-17(2)9-11-15-12(18-16-11)8-13(10-14)6-4-3-5-7-13/h3-10,14H2,1-2H3. The summed E-state index contributed by atoms with van der Waals surface area (Å²) in [6, 6.07) is 0. The molecule has 0 atom stereocenters. The Morgan fingerprint density at radius 3 is 2.61 bits per heavy atom. The van der Waals surface area contributed by atoms with Crippen LogP contribution in [0.15, 0.2) is 4.52 Å². The van der Waals surface area contributed by atoms with Gasteiger partial charge in [0.25, 0.3) is 0 Å². The van der Waals surface area contributed by atoms with Crippen molar-refractivity contribution in [3.63, 3.8) is 0 Å². The molecule has 0 unspecified atom stereocenters. The molecule has 0 saturated heterocycles. The third-order valence-corrected chi connectivity index (χ3v) is 3.84. The summed E-state index contributed by atoms with van der Waals surface area (Å²) in [5.41, 5.74) is 6.17. The molecule has 1 saturated carbocycles. The van der Waals surface area contributed by atoms with E-state index in [1.165, 1.54) is 32.1 Å². The minimum atomic E-state index is 0.195. The molecule has 0 amide bonds. The molecular weight excluding hydrogens is 228 g/mol. The lowest BCUT2D eigenvalue weighted by Crippen LogP contribution is -2.35. The second-order valence-corrected chi connectivity index (χ2v) is 5.78. The lowest BCUT2D eigenvalue weighted by Gasteiger charge is -2.34. The van der Waals surface area contributed by atoms with Crippen molar-refractivity contribution in [3.8, 4) is 0 Å². The van der Waals surface area contributed by atoms with Crippen LogP contribution in [-0.2, 0) is 13.0 Å². The van der Waals surface area contributed by atoms with Crippen molar-refractivity contribution in [2.45, 2.75) is 45.1 Å². The molecule has 1 aromatic heterocycles. The van der Waals surface area contributed by atoms with Crippen molar-refractivity contribution < 1.29 is 4.52 Å². The number of nitrogens with two attached hydrogens (primary N) is 1. The molecule has 18 heavy (non-hydrogen) atoms. The number of rotatable bonds is 5. The van der Waals surface area contributed by atoms with E-state index in [0.29, 0.717) is 0 Å². The Bertz CT molecular complexity index is 369. The third-order valence-electron chi connectivity index (χ3n) is 3.84. The predicted molar refractivity (Wildman–Crippen MR) is 70.0 cm³/mol. The Morgan fingerprint density at radius 1 is 1.28 bits per heavy atom. The van der Waals surface area contributed by atoms with Gasteiger partial charge in [0.15, 0.2) is 5.82 Å². The number of hydrogen-bond acceptors (Lipinski definition) is 5. The molecule has 0 radical (unpaired) electrons. The highest BCUT2D eigenvalue weighted by molar-refractivity contribution is 4.95. The Balaban J connectivity index is 2.00. The first-order chi connectivity index (χ1) is 8.63. The van der Waals surface area contributed by atoms with Gasteiger partial charge in [-0.2, -0.15) is 4.98 Å². The van der Waals surface area contributed by atoms with E-state index < -0.39 is 0 Å². The quantitative estimate of drug-likeness (QED) is 0.861. The fourth-order valence-corrected chi connectivity index (χ4v) is 2.78. The number of nitrogens with zero attached hydrogens (tertiary/aromatic N) is 3. The van der Waals surface area contributed by atoms with Crippen LogP contribution in [0.4, 0.5) is 0 Å². The first-order valence-corrected chi connectivity index (χ1v) is 6.80. The summed E-state index contributed by atoms with van der Waals surface area (Å²) < 4.78 is 5.35. The predicted octanol–water partition coefficient (Wildman–Crippen LogP) is 1.58. The summed E-state index contributed by atoms with van der Waals surface area (Å²) in [5.74, 6) is 1.51. The minimum Gasteiger partial charge on any atom is -0.339 e. The van der Waals surface area contributed by atoms with E-state index in [1.54, 1.807) is 0 Å². The molecule has 1 aliphatic rings. The highest BCUT2D eigenvalue weighted by Gasteiger charge is 2.32. The molecule has 0 aliphatic heterocycles. The van der Waals surface area contributed by atoms with Gasteiger partial charge in [-0.15, -0.1) is 0 Å². The molecule has 1 aliphatic carbocycles. The molecule has 5 heteroatoms. The third kappa shape index (κ3) is 3.29. The van der Waals surface area contributed by atoms with Crippen molar-refractivity contribution in [1.29, 1.82) is 0 Å². The van der Waals surface area contributed by atoms with Crippen molar-refractivity contribution in [2.24, 2.45) is 11.1 Å². The maximum atomic E-state index is 5.98. The highest BCUT2D eigenvalue weighted by Crippen LogP contribution is 2.37. The molecule has 1 heterocycles. The largest absolute Gasteiger partial charge is 0.339 e. The van der Waals surface area contributed by atoms with Crippen molar-refractivity contribution in [2.75, 3.05) is 20.6 Å². The maximum Gasteiger partial charge on any atom is 0.227 e.